The van der Waals surface area contributed by atoms with E-state index < -0.39 is 29.7 Å². The summed E-state index contributed by atoms with van der Waals surface area (Å²) in [6.07, 6.45) is 0.192. The number of aromatic nitrogens is 2. The number of hydrogen-bond donors (Lipinski definition) is 3. The Morgan fingerprint density at radius 1 is 1.00 bits per heavy atom. The first-order valence-corrected chi connectivity index (χ1v) is 17.3. The quantitative estimate of drug-likeness (QED) is 0.0996. The molecule has 16 heteroatoms. The molecule has 0 spiro atoms. The van der Waals surface area contributed by atoms with E-state index in [2.05, 4.69) is 32.7 Å². The number of carbonyl (C=O) groups excluding carboxylic acids is 3. The van der Waals surface area contributed by atoms with E-state index >= 15 is 0 Å². The Kier molecular flexibility index (Phi) is 13.5. The maximum atomic E-state index is 12.2. The summed E-state index contributed by atoms with van der Waals surface area (Å²) in [5.74, 6) is 0.142. The number of nitriles is 2. The number of rotatable bonds is 14. The molecule has 14 nitrogen and oxygen atoms in total. The number of benzene rings is 2. The van der Waals surface area contributed by atoms with Crippen LogP contribution < -0.4 is 21.1 Å². The number of nitrogen functional groups attached to an aromatic ring is 1. The normalized spacial score (nSPS) is 11.4. The van der Waals surface area contributed by atoms with Gasteiger partial charge in [-0.05, 0) is 69.7 Å². The predicted molar refractivity (Wildman–Crippen MR) is 193 cm³/mol. The Bertz CT molecular complexity index is 1980. The third-order valence-electron chi connectivity index (χ3n) is 6.82. The molecule has 2 aromatic carbocycles. The third-order valence-corrected chi connectivity index (χ3v) is 8.08. The minimum atomic E-state index is -0.722. The molecule has 1 unspecified atom stereocenters. The maximum absolute atomic E-state index is 12.2. The van der Waals surface area contributed by atoms with Crippen molar-refractivity contribution < 1.29 is 33.0 Å². The molecule has 1 atom stereocenters. The molecule has 0 aliphatic carbocycles. The van der Waals surface area contributed by atoms with Crippen LogP contribution in [0, 0.1) is 22.7 Å². The summed E-state index contributed by atoms with van der Waals surface area (Å²) in [4.78, 5) is 44.6. The largest absolute Gasteiger partial charge is 0.487 e. The number of thioether (sulfide) groups is 1. The van der Waals surface area contributed by atoms with Crippen molar-refractivity contribution in [3.63, 3.8) is 0 Å². The van der Waals surface area contributed by atoms with E-state index in [1.165, 1.54) is 18.0 Å². The van der Waals surface area contributed by atoms with E-state index in [-0.39, 0.29) is 43.1 Å². The first-order valence-electron chi connectivity index (χ1n) is 15.9. The second-order valence-electron chi connectivity index (χ2n) is 12.2. The van der Waals surface area contributed by atoms with Gasteiger partial charge in [-0.2, -0.15) is 10.5 Å². The van der Waals surface area contributed by atoms with Crippen LogP contribution in [0.2, 0.25) is 5.02 Å². The average molecular weight is 746 g/mol. The standard InChI is InChI=1S/C36H36ClN7O7S/c1-21(18-48-30(46)13-14-41-29(45)17-42-35(47)51-36(2,3)4)50-26-11-7-22(8-12-26)31-27(15-38)32(40)44-34(28(31)16-39)52-20-25-19-49-33(43-25)23-5-9-24(37)10-6-23/h5-12,19,21H,13-14,17-18,20H2,1-4H3,(H2,40,44)(H,41,45)(H,42,47). The molecular weight excluding hydrogens is 710 g/mol. The molecule has 2 heterocycles. The number of halogens is 1. The molecule has 4 aromatic rings. The number of anilines is 1. The lowest BCUT2D eigenvalue weighted by atomic mass is 9.97. The van der Waals surface area contributed by atoms with Crippen molar-refractivity contribution in [1.29, 1.82) is 10.5 Å². The monoisotopic (exact) mass is 745 g/mol. The zero-order valence-corrected chi connectivity index (χ0v) is 30.4. The zero-order chi connectivity index (χ0) is 37.8. The van der Waals surface area contributed by atoms with Gasteiger partial charge in [0.15, 0.2) is 0 Å². The van der Waals surface area contributed by atoms with Crippen molar-refractivity contribution in [3.8, 4) is 40.5 Å². The van der Waals surface area contributed by atoms with Gasteiger partial charge in [-0.25, -0.2) is 14.8 Å². The maximum Gasteiger partial charge on any atom is 0.408 e. The number of nitrogens with two attached hydrogens (primary N) is 1. The molecule has 0 fully saturated rings. The average Bonchev–Trinajstić information content (AvgIpc) is 3.57. The van der Waals surface area contributed by atoms with Gasteiger partial charge < -0.3 is 35.0 Å². The molecule has 2 aromatic heterocycles. The fraction of sp³-hybridized carbons (Fsp3) is 0.306. The Morgan fingerprint density at radius 3 is 2.33 bits per heavy atom. The molecule has 0 saturated heterocycles. The Hall–Kier alpha value is -5.77. The van der Waals surface area contributed by atoms with E-state index in [0.717, 1.165) is 5.56 Å². The highest BCUT2D eigenvalue weighted by molar-refractivity contribution is 7.98. The SMILES string of the molecule is CC(COC(=O)CCNC(=O)CNC(=O)OC(C)(C)C)Oc1ccc(-c2c(C#N)c(N)nc(SCc3coc(-c4ccc(Cl)cc4)n3)c2C#N)cc1. The van der Waals surface area contributed by atoms with Gasteiger partial charge in [-0.1, -0.05) is 35.5 Å². The third kappa shape index (κ3) is 11.4. The van der Waals surface area contributed by atoms with E-state index in [0.29, 0.717) is 44.3 Å². The highest BCUT2D eigenvalue weighted by atomic mass is 35.5. The molecule has 4 rings (SSSR count). The number of hydrogen-bond acceptors (Lipinski definition) is 13. The van der Waals surface area contributed by atoms with Gasteiger partial charge in [0.2, 0.25) is 11.8 Å². The molecule has 0 aliphatic rings. The lowest BCUT2D eigenvalue weighted by molar-refractivity contribution is -0.145. The van der Waals surface area contributed by atoms with E-state index in [4.69, 9.17) is 36.0 Å². The summed E-state index contributed by atoms with van der Waals surface area (Å²) in [5.41, 5.74) is 8.00. The molecule has 52 heavy (non-hydrogen) atoms. The van der Waals surface area contributed by atoms with Crippen molar-refractivity contribution in [2.75, 3.05) is 25.4 Å². The first-order chi connectivity index (χ1) is 24.8. The Balaban J connectivity index is 1.31. The van der Waals surface area contributed by atoms with E-state index in [1.54, 1.807) is 76.2 Å². The number of nitrogens with zero attached hydrogens (tertiary/aromatic N) is 4. The second-order valence-corrected chi connectivity index (χ2v) is 13.6. The van der Waals surface area contributed by atoms with Gasteiger partial charge in [0, 0.05) is 28.4 Å². The molecular formula is C36H36ClN7O7S. The van der Waals surface area contributed by atoms with Crippen LogP contribution >= 0.6 is 23.4 Å². The summed E-state index contributed by atoms with van der Waals surface area (Å²) in [6, 6.07) is 18.0. The number of ether oxygens (including phenoxy) is 3. The summed E-state index contributed by atoms with van der Waals surface area (Å²) in [7, 11) is 0. The van der Waals surface area contributed by atoms with Gasteiger partial charge in [-0.3, -0.25) is 9.59 Å². The van der Waals surface area contributed by atoms with Crippen LogP contribution in [0.25, 0.3) is 22.6 Å². The molecule has 2 amide bonds. The number of alkyl carbamates (subject to hydrolysis) is 1. The lowest BCUT2D eigenvalue weighted by Gasteiger charge is -2.19. The summed E-state index contributed by atoms with van der Waals surface area (Å²) >= 11 is 7.21. The summed E-state index contributed by atoms with van der Waals surface area (Å²) < 4.78 is 21.8. The van der Waals surface area contributed by atoms with E-state index in [9.17, 15) is 24.9 Å². The van der Waals surface area contributed by atoms with Gasteiger partial charge in [0.1, 0.15) is 58.9 Å². The Morgan fingerprint density at radius 2 is 1.67 bits per heavy atom. The number of carbonyl (C=O) groups is 3. The number of oxazole rings is 1. The second kappa shape index (κ2) is 17.9. The molecule has 0 saturated carbocycles. The van der Waals surface area contributed by atoms with Gasteiger partial charge in [0.05, 0.1) is 24.2 Å². The van der Waals surface area contributed by atoms with Crippen LogP contribution in [-0.2, 0) is 24.8 Å². The highest BCUT2D eigenvalue weighted by Crippen LogP contribution is 2.37. The number of amides is 2. The summed E-state index contributed by atoms with van der Waals surface area (Å²) in [5, 5.41) is 25.9. The van der Waals surface area contributed by atoms with Crippen molar-refractivity contribution in [1.82, 2.24) is 20.6 Å². The molecule has 4 N–H and O–H groups in total. The van der Waals surface area contributed by atoms with Crippen LogP contribution in [0.15, 0.2) is 64.2 Å². The van der Waals surface area contributed by atoms with Crippen LogP contribution in [0.1, 0.15) is 50.9 Å². The van der Waals surface area contributed by atoms with Crippen LogP contribution in [0.5, 0.6) is 5.75 Å². The number of nitrogens with one attached hydrogen (secondary N) is 2. The molecule has 0 bridgehead atoms. The topological polar surface area (TPSA) is 215 Å². The fourth-order valence-corrected chi connectivity index (χ4v) is 5.51. The lowest BCUT2D eigenvalue weighted by Crippen LogP contribution is -2.40. The smallest absolute Gasteiger partial charge is 0.408 e. The molecule has 0 radical (unpaired) electrons. The van der Waals surface area contributed by atoms with Gasteiger partial charge in [0.25, 0.3) is 0 Å². The fourth-order valence-electron chi connectivity index (χ4n) is 4.51. The van der Waals surface area contributed by atoms with Crippen LogP contribution in [0.4, 0.5) is 10.6 Å². The van der Waals surface area contributed by atoms with Crippen molar-refractivity contribution in [2.45, 2.75) is 56.6 Å². The zero-order valence-electron chi connectivity index (χ0n) is 28.8. The Labute approximate surface area is 309 Å². The first kappa shape index (κ1) is 39.0. The van der Waals surface area contributed by atoms with Gasteiger partial charge >= 0.3 is 12.1 Å². The summed E-state index contributed by atoms with van der Waals surface area (Å²) in [6.45, 7) is 6.50. The van der Waals surface area contributed by atoms with Crippen LogP contribution in [0.3, 0.4) is 0 Å². The van der Waals surface area contributed by atoms with Crippen molar-refractivity contribution in [2.24, 2.45) is 0 Å². The highest BCUT2D eigenvalue weighted by Gasteiger charge is 2.22. The minimum absolute atomic E-state index is 0.0188. The van der Waals surface area contributed by atoms with Crippen molar-refractivity contribution >= 4 is 47.2 Å². The van der Waals surface area contributed by atoms with E-state index in [1.807, 2.05) is 0 Å². The van der Waals surface area contributed by atoms with Crippen molar-refractivity contribution in [3.05, 3.63) is 76.6 Å². The van der Waals surface area contributed by atoms with Gasteiger partial charge in [-0.15, -0.1) is 0 Å². The van der Waals surface area contributed by atoms with Crippen LogP contribution in [-0.4, -0.2) is 59.3 Å². The minimum Gasteiger partial charge on any atom is -0.487 e. The molecule has 0 aliphatic heterocycles. The number of esters is 1. The predicted octanol–water partition coefficient (Wildman–Crippen LogP) is 6.02. The number of pyridine rings is 1. The molecule has 270 valence electrons.